The van der Waals surface area contributed by atoms with E-state index in [0.29, 0.717) is 0 Å². The van der Waals surface area contributed by atoms with Crippen LogP contribution in [0.5, 0.6) is 0 Å². The van der Waals surface area contributed by atoms with Crippen LogP contribution in [0.4, 0.5) is 0 Å². The van der Waals surface area contributed by atoms with E-state index in [2.05, 4.69) is 96.3 Å². The van der Waals surface area contributed by atoms with Crippen LogP contribution in [-0.2, 0) is 0 Å². The van der Waals surface area contributed by atoms with E-state index in [1.165, 1.54) is 27.1 Å². The van der Waals surface area contributed by atoms with Crippen LogP contribution in [-0.4, -0.2) is 14.4 Å². The highest BCUT2D eigenvalue weighted by Crippen LogP contribution is 2.40. The summed E-state index contributed by atoms with van der Waals surface area (Å²) in [5.41, 5.74) is 6.41. The second-order valence-electron chi connectivity index (χ2n) is 8.30. The smallest absolute Gasteiger partial charge is 0.149 e. The number of hydrogen-bond donors (Lipinski definition) is 0. The van der Waals surface area contributed by atoms with Gasteiger partial charge < -0.3 is 0 Å². The molecule has 0 aliphatic heterocycles. The Balaban J connectivity index is 1.80. The molecule has 0 aliphatic carbocycles. The summed E-state index contributed by atoms with van der Waals surface area (Å²) in [5.74, 6) is 0.930. The van der Waals surface area contributed by atoms with Crippen LogP contribution in [0.1, 0.15) is 5.56 Å². The Bertz CT molecular complexity index is 1790. The summed E-state index contributed by atoms with van der Waals surface area (Å²) in [4.78, 5) is 10.3. The minimum atomic E-state index is 0.930. The largest absolute Gasteiger partial charge is 0.276 e. The van der Waals surface area contributed by atoms with Crippen molar-refractivity contribution in [2.75, 3.05) is 0 Å². The molecule has 0 radical (unpaired) electrons. The zero-order valence-electron chi connectivity index (χ0n) is 17.6. The van der Waals surface area contributed by atoms with Crippen molar-refractivity contribution in [1.29, 1.82) is 0 Å². The Morgan fingerprint density at radius 1 is 0.531 bits per heavy atom. The number of aromatic nitrogens is 3. The molecule has 3 nitrogen and oxygen atoms in total. The molecule has 0 spiro atoms. The van der Waals surface area contributed by atoms with E-state index in [1.807, 2.05) is 12.1 Å². The van der Waals surface area contributed by atoms with Crippen molar-refractivity contribution in [3.63, 3.8) is 0 Å². The fourth-order valence-electron chi connectivity index (χ4n) is 5.10. The van der Waals surface area contributed by atoms with Gasteiger partial charge >= 0.3 is 0 Å². The Morgan fingerprint density at radius 2 is 1.06 bits per heavy atom. The van der Waals surface area contributed by atoms with Crippen LogP contribution < -0.4 is 0 Å². The summed E-state index contributed by atoms with van der Waals surface area (Å²) < 4.78 is 2.24. The van der Waals surface area contributed by atoms with Gasteiger partial charge in [-0.05, 0) is 58.3 Å². The second kappa shape index (κ2) is 6.38. The number of hydrogen-bond acceptors (Lipinski definition) is 2. The van der Waals surface area contributed by atoms with Crippen molar-refractivity contribution in [1.82, 2.24) is 14.4 Å². The maximum atomic E-state index is 5.25. The van der Waals surface area contributed by atoms with Crippen molar-refractivity contribution in [2.24, 2.45) is 0 Å². The molecular formula is C29H19N3. The van der Waals surface area contributed by atoms with Crippen LogP contribution in [0.25, 0.3) is 60.5 Å². The van der Waals surface area contributed by atoms with Gasteiger partial charge in [-0.2, -0.15) is 0 Å². The lowest BCUT2D eigenvalue weighted by atomic mass is 9.92. The molecule has 0 bridgehead atoms. The first kappa shape index (κ1) is 17.4. The fourth-order valence-corrected chi connectivity index (χ4v) is 5.10. The number of aryl methyl sites for hydroxylation is 1. The highest BCUT2D eigenvalue weighted by Gasteiger charge is 2.20. The normalized spacial score (nSPS) is 11.9. The lowest BCUT2D eigenvalue weighted by Crippen LogP contribution is -2.00. The van der Waals surface area contributed by atoms with E-state index in [1.54, 1.807) is 0 Å². The topological polar surface area (TPSA) is 30.2 Å². The standard InChI is InChI=1S/C29H19N3/c1-18-19-10-2-4-12-21(19)27(22-13-5-3-11-20(18)22)29-30-24-15-7-6-14-23(24)28-31-25-16-8-9-17-26(25)32(28)29/h2-17H,1H3. The van der Waals surface area contributed by atoms with Crippen molar-refractivity contribution in [2.45, 2.75) is 6.92 Å². The minimum Gasteiger partial charge on any atom is -0.276 e. The molecule has 150 valence electrons. The molecule has 2 aromatic heterocycles. The average Bonchev–Trinajstić information content (AvgIpc) is 3.24. The van der Waals surface area contributed by atoms with Crippen LogP contribution in [0.2, 0.25) is 0 Å². The summed E-state index contributed by atoms with van der Waals surface area (Å²) in [5, 5.41) is 6.01. The molecule has 0 atom stereocenters. The molecule has 2 heterocycles. The third kappa shape index (κ3) is 2.25. The van der Waals surface area contributed by atoms with Crippen molar-refractivity contribution < 1.29 is 0 Å². The number of rotatable bonds is 1. The molecule has 32 heavy (non-hydrogen) atoms. The van der Waals surface area contributed by atoms with Crippen LogP contribution in [0.15, 0.2) is 97.1 Å². The molecule has 5 aromatic carbocycles. The Morgan fingerprint density at radius 3 is 1.75 bits per heavy atom. The third-order valence-corrected chi connectivity index (χ3v) is 6.57. The Kier molecular flexibility index (Phi) is 3.48. The predicted molar refractivity (Wildman–Crippen MR) is 133 cm³/mol. The molecule has 7 aromatic rings. The van der Waals surface area contributed by atoms with Crippen LogP contribution in [0.3, 0.4) is 0 Å². The maximum Gasteiger partial charge on any atom is 0.149 e. The lowest BCUT2D eigenvalue weighted by Gasteiger charge is -2.16. The quantitative estimate of drug-likeness (QED) is 0.266. The molecule has 0 saturated heterocycles. The second-order valence-corrected chi connectivity index (χ2v) is 8.30. The SMILES string of the molecule is Cc1c2ccccc2c(-c2nc3ccccc3c3nc4ccccc4n23)c2ccccc12. The van der Waals surface area contributed by atoms with Gasteiger partial charge in [-0.3, -0.25) is 4.40 Å². The van der Waals surface area contributed by atoms with Crippen LogP contribution >= 0.6 is 0 Å². The summed E-state index contributed by atoms with van der Waals surface area (Å²) >= 11 is 0. The highest BCUT2D eigenvalue weighted by molar-refractivity contribution is 6.15. The first-order valence-electron chi connectivity index (χ1n) is 10.9. The lowest BCUT2D eigenvalue weighted by molar-refractivity contribution is 1.17. The summed E-state index contributed by atoms with van der Waals surface area (Å²) in [6.07, 6.45) is 0. The number of imidazole rings is 1. The summed E-state index contributed by atoms with van der Waals surface area (Å²) in [6, 6.07) is 33.9. The van der Waals surface area contributed by atoms with E-state index in [9.17, 15) is 0 Å². The molecule has 0 aliphatic rings. The highest BCUT2D eigenvalue weighted by atomic mass is 15.1. The van der Waals surface area contributed by atoms with E-state index in [0.717, 1.165) is 39.0 Å². The molecule has 0 saturated carbocycles. The number of fused-ring (bicyclic) bond motifs is 7. The van der Waals surface area contributed by atoms with Gasteiger partial charge in [-0.1, -0.05) is 72.8 Å². The molecule has 3 heteroatoms. The first-order chi connectivity index (χ1) is 15.8. The maximum absolute atomic E-state index is 5.25. The summed E-state index contributed by atoms with van der Waals surface area (Å²) in [6.45, 7) is 2.21. The van der Waals surface area contributed by atoms with Crippen molar-refractivity contribution >= 4 is 49.1 Å². The number of para-hydroxylation sites is 3. The van der Waals surface area contributed by atoms with Gasteiger partial charge in [-0.15, -0.1) is 0 Å². The molecule has 7 rings (SSSR count). The molecule has 0 amide bonds. The van der Waals surface area contributed by atoms with Crippen molar-refractivity contribution in [3.05, 3.63) is 103 Å². The van der Waals surface area contributed by atoms with Crippen LogP contribution in [0, 0.1) is 6.92 Å². The van der Waals surface area contributed by atoms with E-state index in [-0.39, 0.29) is 0 Å². The molecule has 0 fully saturated rings. The molecule has 0 unspecified atom stereocenters. The summed E-state index contributed by atoms with van der Waals surface area (Å²) in [7, 11) is 0. The van der Waals surface area contributed by atoms with Gasteiger partial charge in [0, 0.05) is 10.9 Å². The average molecular weight is 409 g/mol. The Hall–Kier alpha value is -4.24. The number of nitrogens with zero attached hydrogens (tertiary/aromatic N) is 3. The molecule has 0 N–H and O–H groups in total. The van der Waals surface area contributed by atoms with Gasteiger partial charge in [0.1, 0.15) is 11.5 Å². The predicted octanol–water partition coefficient (Wildman–Crippen LogP) is 7.32. The van der Waals surface area contributed by atoms with E-state index < -0.39 is 0 Å². The van der Waals surface area contributed by atoms with Gasteiger partial charge in [-0.25, -0.2) is 9.97 Å². The van der Waals surface area contributed by atoms with Gasteiger partial charge in [0.15, 0.2) is 0 Å². The van der Waals surface area contributed by atoms with E-state index >= 15 is 0 Å². The van der Waals surface area contributed by atoms with Gasteiger partial charge in [0.2, 0.25) is 0 Å². The third-order valence-electron chi connectivity index (χ3n) is 6.57. The molecular weight excluding hydrogens is 390 g/mol. The minimum absolute atomic E-state index is 0.930. The van der Waals surface area contributed by atoms with Crippen molar-refractivity contribution in [3.8, 4) is 11.4 Å². The van der Waals surface area contributed by atoms with Gasteiger partial charge in [0.25, 0.3) is 0 Å². The zero-order valence-corrected chi connectivity index (χ0v) is 17.6. The van der Waals surface area contributed by atoms with Gasteiger partial charge in [0.05, 0.1) is 16.6 Å². The number of benzene rings is 5. The Labute approximate surface area is 184 Å². The van der Waals surface area contributed by atoms with E-state index in [4.69, 9.17) is 9.97 Å². The monoisotopic (exact) mass is 409 g/mol. The first-order valence-corrected chi connectivity index (χ1v) is 10.9. The fraction of sp³-hybridized carbons (Fsp3) is 0.0345. The zero-order chi connectivity index (χ0) is 21.2.